The molecule has 0 saturated carbocycles. The maximum Gasteiger partial charge on any atom is 0.189 e. The molecule has 3 N–H and O–H groups in total. The lowest BCUT2D eigenvalue weighted by Crippen LogP contribution is -2.40. The molecule has 1 saturated heterocycles. The first-order valence-corrected chi connectivity index (χ1v) is 8.10. The van der Waals surface area contributed by atoms with Crippen molar-refractivity contribution in [2.24, 2.45) is 10.7 Å². The lowest BCUT2D eigenvalue weighted by Gasteiger charge is -2.26. The van der Waals surface area contributed by atoms with Crippen LogP contribution < -0.4 is 11.1 Å². The lowest BCUT2D eigenvalue weighted by atomic mass is 10.1. The molecular formula is C17H29IN4O2. The van der Waals surface area contributed by atoms with Crippen LogP contribution in [-0.4, -0.2) is 56.9 Å². The number of hydrogen-bond acceptors (Lipinski definition) is 4. The average molecular weight is 448 g/mol. The van der Waals surface area contributed by atoms with Gasteiger partial charge >= 0.3 is 0 Å². The van der Waals surface area contributed by atoms with Crippen molar-refractivity contribution in [3.8, 4) is 0 Å². The van der Waals surface area contributed by atoms with E-state index in [-0.39, 0.29) is 30.0 Å². The van der Waals surface area contributed by atoms with E-state index in [9.17, 15) is 0 Å². The van der Waals surface area contributed by atoms with Gasteiger partial charge < -0.3 is 20.5 Å². The van der Waals surface area contributed by atoms with Gasteiger partial charge in [0, 0.05) is 32.8 Å². The number of benzene rings is 1. The van der Waals surface area contributed by atoms with E-state index >= 15 is 0 Å². The van der Waals surface area contributed by atoms with Gasteiger partial charge in [0.2, 0.25) is 0 Å². The SMILES string of the molecule is COCC(C)NC(N)=NCc1cccc(CN2CCOCC2)c1.I. The third kappa shape index (κ3) is 7.78. The number of morpholine rings is 1. The first kappa shape index (κ1) is 21.1. The minimum atomic E-state index is 0. The number of nitrogens with one attached hydrogen (secondary N) is 1. The van der Waals surface area contributed by atoms with Crippen molar-refractivity contribution < 1.29 is 9.47 Å². The molecular weight excluding hydrogens is 419 g/mol. The highest BCUT2D eigenvalue weighted by atomic mass is 127. The molecule has 0 spiro atoms. The normalized spacial score (nSPS) is 17.2. The fraction of sp³-hybridized carbons (Fsp3) is 0.588. The number of nitrogens with zero attached hydrogens (tertiary/aromatic N) is 2. The number of ether oxygens (including phenoxy) is 2. The van der Waals surface area contributed by atoms with Gasteiger partial charge in [-0.1, -0.05) is 24.3 Å². The number of methoxy groups -OCH3 is 1. The van der Waals surface area contributed by atoms with Crippen LogP contribution in [0.4, 0.5) is 0 Å². The first-order valence-electron chi connectivity index (χ1n) is 8.10. The van der Waals surface area contributed by atoms with Gasteiger partial charge in [-0.25, -0.2) is 4.99 Å². The maximum absolute atomic E-state index is 5.90. The van der Waals surface area contributed by atoms with E-state index in [4.69, 9.17) is 15.2 Å². The molecule has 1 fully saturated rings. The Hall–Kier alpha value is -0.900. The predicted octanol–water partition coefficient (Wildman–Crippen LogP) is 1.58. The molecule has 1 unspecified atom stereocenters. The van der Waals surface area contributed by atoms with Crippen LogP contribution in [-0.2, 0) is 22.6 Å². The molecule has 0 aliphatic carbocycles. The quantitative estimate of drug-likeness (QED) is 0.377. The van der Waals surface area contributed by atoms with Crippen LogP contribution in [0.1, 0.15) is 18.1 Å². The topological polar surface area (TPSA) is 72.1 Å². The second-order valence-corrected chi connectivity index (χ2v) is 5.91. The molecule has 1 atom stereocenters. The number of halogens is 1. The van der Waals surface area contributed by atoms with E-state index in [1.807, 2.05) is 6.92 Å². The van der Waals surface area contributed by atoms with Gasteiger partial charge in [0.05, 0.1) is 26.4 Å². The molecule has 6 nitrogen and oxygen atoms in total. The van der Waals surface area contributed by atoms with E-state index in [1.165, 1.54) is 11.1 Å². The smallest absolute Gasteiger partial charge is 0.189 e. The van der Waals surface area contributed by atoms with E-state index in [0.717, 1.165) is 32.8 Å². The number of rotatable bonds is 7. The van der Waals surface area contributed by atoms with Crippen LogP contribution in [0.25, 0.3) is 0 Å². The molecule has 136 valence electrons. The Kier molecular flexibility index (Phi) is 10.2. The van der Waals surface area contributed by atoms with Gasteiger partial charge in [-0.05, 0) is 18.1 Å². The summed E-state index contributed by atoms with van der Waals surface area (Å²) in [5.41, 5.74) is 8.37. The summed E-state index contributed by atoms with van der Waals surface area (Å²) in [5, 5.41) is 3.11. The number of aliphatic imine (C=N–C) groups is 1. The van der Waals surface area contributed by atoms with Crippen LogP contribution in [0.15, 0.2) is 29.3 Å². The molecule has 1 aliphatic rings. The number of hydrogen-bond donors (Lipinski definition) is 2. The summed E-state index contributed by atoms with van der Waals surface area (Å²) in [7, 11) is 1.67. The molecule has 0 radical (unpaired) electrons. The molecule has 7 heteroatoms. The molecule has 0 aromatic heterocycles. The van der Waals surface area contributed by atoms with Gasteiger partial charge in [-0.15, -0.1) is 24.0 Å². The Balaban J connectivity index is 0.00000288. The Bertz CT molecular complexity index is 507. The third-order valence-corrected chi connectivity index (χ3v) is 3.74. The lowest BCUT2D eigenvalue weighted by molar-refractivity contribution is 0.0342. The first-order chi connectivity index (χ1) is 11.2. The van der Waals surface area contributed by atoms with E-state index in [0.29, 0.717) is 19.1 Å². The summed E-state index contributed by atoms with van der Waals surface area (Å²) in [6.07, 6.45) is 0. The Morgan fingerprint density at radius 3 is 2.79 bits per heavy atom. The van der Waals surface area contributed by atoms with Crippen molar-refractivity contribution in [2.45, 2.75) is 26.1 Å². The minimum absolute atomic E-state index is 0. The van der Waals surface area contributed by atoms with Crippen LogP contribution in [0.5, 0.6) is 0 Å². The van der Waals surface area contributed by atoms with E-state index in [2.05, 4.69) is 39.5 Å². The minimum Gasteiger partial charge on any atom is -0.383 e. The summed E-state index contributed by atoms with van der Waals surface area (Å²) in [6, 6.07) is 8.67. The summed E-state index contributed by atoms with van der Waals surface area (Å²) >= 11 is 0. The molecule has 0 bridgehead atoms. The van der Waals surface area contributed by atoms with Gasteiger partial charge in [0.1, 0.15) is 0 Å². The third-order valence-electron chi connectivity index (χ3n) is 3.74. The van der Waals surface area contributed by atoms with Crippen molar-refractivity contribution in [3.05, 3.63) is 35.4 Å². The number of nitrogens with two attached hydrogens (primary N) is 1. The molecule has 2 rings (SSSR count). The second-order valence-electron chi connectivity index (χ2n) is 5.91. The van der Waals surface area contributed by atoms with Gasteiger partial charge in [0.25, 0.3) is 0 Å². The summed E-state index contributed by atoms with van der Waals surface area (Å²) in [4.78, 5) is 6.81. The van der Waals surface area contributed by atoms with Gasteiger partial charge in [-0.3, -0.25) is 4.90 Å². The monoisotopic (exact) mass is 448 g/mol. The Labute approximate surface area is 161 Å². The zero-order chi connectivity index (χ0) is 16.5. The Morgan fingerprint density at radius 2 is 2.08 bits per heavy atom. The molecule has 1 aromatic rings. The molecule has 24 heavy (non-hydrogen) atoms. The van der Waals surface area contributed by atoms with Crippen LogP contribution in [0.2, 0.25) is 0 Å². The van der Waals surface area contributed by atoms with Crippen molar-refractivity contribution >= 4 is 29.9 Å². The Morgan fingerprint density at radius 1 is 1.38 bits per heavy atom. The second kappa shape index (κ2) is 11.6. The summed E-state index contributed by atoms with van der Waals surface area (Å²) in [6.45, 7) is 7.79. The highest BCUT2D eigenvalue weighted by Crippen LogP contribution is 2.10. The predicted molar refractivity (Wildman–Crippen MR) is 108 cm³/mol. The van der Waals surface area contributed by atoms with Crippen molar-refractivity contribution in [3.63, 3.8) is 0 Å². The summed E-state index contributed by atoms with van der Waals surface area (Å²) < 4.78 is 10.5. The molecule has 1 aromatic carbocycles. The van der Waals surface area contributed by atoms with Crippen molar-refractivity contribution in [2.75, 3.05) is 40.0 Å². The largest absolute Gasteiger partial charge is 0.383 e. The molecule has 1 aliphatic heterocycles. The van der Waals surface area contributed by atoms with Gasteiger partial charge in [-0.2, -0.15) is 0 Å². The highest BCUT2D eigenvalue weighted by Gasteiger charge is 2.10. The molecule has 1 heterocycles. The zero-order valence-electron chi connectivity index (χ0n) is 14.5. The standard InChI is InChI=1S/C17H28N4O2.HI/c1-14(13-22-2)20-17(18)19-11-15-4-3-5-16(10-15)12-21-6-8-23-9-7-21;/h3-5,10,14H,6-9,11-13H2,1-2H3,(H3,18,19,20);1H. The van der Waals surface area contributed by atoms with Gasteiger partial charge in [0.15, 0.2) is 5.96 Å². The summed E-state index contributed by atoms with van der Waals surface area (Å²) in [5.74, 6) is 0.452. The fourth-order valence-electron chi connectivity index (χ4n) is 2.61. The number of guanidine groups is 1. The highest BCUT2D eigenvalue weighted by molar-refractivity contribution is 14.0. The van der Waals surface area contributed by atoms with Crippen molar-refractivity contribution in [1.82, 2.24) is 10.2 Å². The van der Waals surface area contributed by atoms with Crippen molar-refractivity contribution in [1.29, 1.82) is 0 Å². The van der Waals surface area contributed by atoms with E-state index < -0.39 is 0 Å². The average Bonchev–Trinajstić information content (AvgIpc) is 2.54. The van der Waals surface area contributed by atoms with Crippen LogP contribution >= 0.6 is 24.0 Å². The van der Waals surface area contributed by atoms with E-state index in [1.54, 1.807) is 7.11 Å². The van der Waals surface area contributed by atoms with Crippen LogP contribution in [0, 0.1) is 0 Å². The fourth-order valence-corrected chi connectivity index (χ4v) is 2.61. The molecule has 0 amide bonds. The zero-order valence-corrected chi connectivity index (χ0v) is 16.9. The maximum atomic E-state index is 5.90. The van der Waals surface area contributed by atoms with Crippen LogP contribution in [0.3, 0.4) is 0 Å².